The van der Waals surface area contributed by atoms with E-state index in [1.807, 2.05) is 13.8 Å². The number of rotatable bonds is 2. The van der Waals surface area contributed by atoms with Gasteiger partial charge in [-0.15, -0.1) is 0 Å². The third kappa shape index (κ3) is 5.17. The predicted octanol–water partition coefficient (Wildman–Crippen LogP) is 1.37. The van der Waals surface area contributed by atoms with Crippen LogP contribution in [0.5, 0.6) is 0 Å². The maximum Gasteiger partial charge on any atom is 0.318 e. The van der Waals surface area contributed by atoms with Crippen LogP contribution in [0.15, 0.2) is 4.36 Å². The lowest BCUT2D eigenvalue weighted by molar-refractivity contribution is -0.121. The molecule has 1 N–H and O–H groups in total. The number of hydrogen-bond donors (Lipinski definition) is 1. The van der Waals surface area contributed by atoms with Gasteiger partial charge in [-0.2, -0.15) is 4.36 Å². The molecule has 2 fully saturated rings. The minimum absolute atomic E-state index is 0.0520. The molecule has 8 heteroatoms. The second-order valence-corrected chi connectivity index (χ2v) is 9.38. The van der Waals surface area contributed by atoms with Crippen LogP contribution in [0.2, 0.25) is 0 Å². The van der Waals surface area contributed by atoms with E-state index in [2.05, 4.69) is 9.68 Å². The van der Waals surface area contributed by atoms with Crippen LogP contribution in [0.3, 0.4) is 0 Å². The monoisotopic (exact) mass is 345 g/mol. The number of nitrogens with zero attached hydrogens (tertiary/aromatic N) is 2. The van der Waals surface area contributed by atoms with E-state index in [-0.39, 0.29) is 24.3 Å². The molecule has 0 spiro atoms. The van der Waals surface area contributed by atoms with Gasteiger partial charge in [0.2, 0.25) is 0 Å². The molecule has 2 aliphatic rings. The molecule has 2 rings (SSSR count). The molecule has 2 unspecified atom stereocenters. The molecule has 3 amide bonds. The minimum atomic E-state index is -2.50. The van der Waals surface area contributed by atoms with Crippen LogP contribution in [0.25, 0.3) is 0 Å². The Hall–Kier alpha value is -1.15. The third-order valence-corrected chi connectivity index (χ3v) is 4.75. The van der Waals surface area contributed by atoms with Gasteiger partial charge in [0, 0.05) is 34.8 Å². The number of urea groups is 1. The standard InChI is InChI=1S/C15H27N3O4S/c1-10-8-12(9-11(2)22-10)16-15(20)18-7-5-6-13(18)14(19)17-23(3,4)21/h10-13H,5-9H2,1-4H3,(H,16,20)/t10?,11?,12?,13-/m0/s1. The van der Waals surface area contributed by atoms with Gasteiger partial charge < -0.3 is 15.0 Å². The van der Waals surface area contributed by atoms with Gasteiger partial charge >= 0.3 is 6.03 Å². The van der Waals surface area contributed by atoms with E-state index in [1.165, 1.54) is 17.4 Å². The molecule has 0 saturated carbocycles. The van der Waals surface area contributed by atoms with Gasteiger partial charge in [-0.3, -0.25) is 4.79 Å². The first-order valence-corrected chi connectivity index (χ1v) is 10.4. The normalized spacial score (nSPS) is 31.7. The zero-order valence-electron chi connectivity index (χ0n) is 14.3. The summed E-state index contributed by atoms with van der Waals surface area (Å²) in [6.45, 7) is 4.52. The highest BCUT2D eigenvalue weighted by Gasteiger charge is 2.36. The fourth-order valence-electron chi connectivity index (χ4n) is 3.32. The van der Waals surface area contributed by atoms with E-state index >= 15 is 0 Å². The van der Waals surface area contributed by atoms with Gasteiger partial charge in [-0.1, -0.05) is 0 Å². The van der Waals surface area contributed by atoms with Crippen molar-refractivity contribution in [3.63, 3.8) is 0 Å². The van der Waals surface area contributed by atoms with Crippen molar-refractivity contribution in [3.05, 3.63) is 0 Å². The molecule has 3 atom stereocenters. The average Bonchev–Trinajstić information content (AvgIpc) is 2.84. The van der Waals surface area contributed by atoms with Crippen LogP contribution in [0, 0.1) is 0 Å². The second-order valence-electron chi connectivity index (χ2n) is 6.84. The van der Waals surface area contributed by atoms with Gasteiger partial charge in [0.05, 0.1) is 12.2 Å². The van der Waals surface area contributed by atoms with Crippen LogP contribution in [0.1, 0.15) is 39.5 Å². The van der Waals surface area contributed by atoms with E-state index in [4.69, 9.17) is 4.74 Å². The molecular weight excluding hydrogens is 318 g/mol. The molecule has 132 valence electrons. The Morgan fingerprint density at radius 1 is 1.22 bits per heavy atom. The highest BCUT2D eigenvalue weighted by molar-refractivity contribution is 7.92. The van der Waals surface area contributed by atoms with Crippen molar-refractivity contribution >= 4 is 21.7 Å². The van der Waals surface area contributed by atoms with Gasteiger partial charge in [-0.05, 0) is 39.5 Å². The molecule has 23 heavy (non-hydrogen) atoms. The van der Waals surface area contributed by atoms with Crippen LogP contribution in [-0.4, -0.2) is 64.4 Å². The van der Waals surface area contributed by atoms with Gasteiger partial charge in [0.1, 0.15) is 6.04 Å². The lowest BCUT2D eigenvalue weighted by atomic mass is 10.00. The Labute approximate surface area is 138 Å². The van der Waals surface area contributed by atoms with Crippen molar-refractivity contribution in [2.45, 2.75) is 63.8 Å². The summed E-state index contributed by atoms with van der Waals surface area (Å²) in [7, 11) is -2.50. The van der Waals surface area contributed by atoms with Crippen molar-refractivity contribution in [1.82, 2.24) is 10.2 Å². The van der Waals surface area contributed by atoms with E-state index in [0.29, 0.717) is 13.0 Å². The molecule has 0 aromatic carbocycles. The zero-order valence-corrected chi connectivity index (χ0v) is 15.1. The highest BCUT2D eigenvalue weighted by atomic mass is 32.2. The molecule has 2 aliphatic heterocycles. The van der Waals surface area contributed by atoms with E-state index in [0.717, 1.165) is 19.3 Å². The SMILES string of the molecule is CC1CC(NC(=O)N2CCC[C@H]2C(=O)N=S(C)(C)=O)CC(C)O1. The predicted molar refractivity (Wildman–Crippen MR) is 88.7 cm³/mol. The number of carbonyl (C=O) groups is 2. The maximum atomic E-state index is 12.5. The van der Waals surface area contributed by atoms with Crippen molar-refractivity contribution in [1.29, 1.82) is 0 Å². The van der Waals surface area contributed by atoms with Crippen molar-refractivity contribution in [2.24, 2.45) is 4.36 Å². The summed E-state index contributed by atoms with van der Waals surface area (Å²) < 4.78 is 21.1. The molecule has 0 radical (unpaired) electrons. The molecule has 2 saturated heterocycles. The summed E-state index contributed by atoms with van der Waals surface area (Å²) in [5.74, 6) is -0.457. The molecule has 7 nitrogen and oxygen atoms in total. The second kappa shape index (κ2) is 7.17. The maximum absolute atomic E-state index is 12.5. The number of likely N-dealkylation sites (tertiary alicyclic amines) is 1. The number of carbonyl (C=O) groups excluding carboxylic acids is 2. The summed E-state index contributed by atoms with van der Waals surface area (Å²) in [6, 6.07) is -0.775. The Morgan fingerprint density at radius 2 is 1.83 bits per heavy atom. The minimum Gasteiger partial charge on any atom is -0.375 e. The Balaban J connectivity index is 2.00. The fraction of sp³-hybridized carbons (Fsp3) is 0.867. The van der Waals surface area contributed by atoms with Gasteiger partial charge in [0.25, 0.3) is 5.91 Å². The summed E-state index contributed by atoms with van der Waals surface area (Å²) in [6.07, 6.45) is 5.94. The first kappa shape index (κ1) is 18.2. The third-order valence-electron chi connectivity index (χ3n) is 4.13. The molecular formula is C15H27N3O4S. The number of nitrogens with one attached hydrogen (secondary N) is 1. The summed E-state index contributed by atoms with van der Waals surface area (Å²) in [4.78, 5) is 26.2. The smallest absolute Gasteiger partial charge is 0.318 e. The van der Waals surface area contributed by atoms with Gasteiger partial charge in [0.15, 0.2) is 0 Å². The Morgan fingerprint density at radius 3 is 2.39 bits per heavy atom. The summed E-state index contributed by atoms with van der Waals surface area (Å²) in [5, 5.41) is 3.01. The number of hydrogen-bond acceptors (Lipinski definition) is 4. The van der Waals surface area contributed by atoms with E-state index < -0.39 is 21.7 Å². The molecule has 0 aromatic heterocycles. The largest absolute Gasteiger partial charge is 0.375 e. The topological polar surface area (TPSA) is 88.1 Å². The van der Waals surface area contributed by atoms with Crippen LogP contribution < -0.4 is 5.32 Å². The quantitative estimate of drug-likeness (QED) is 0.819. The molecule has 0 aromatic rings. The first-order valence-electron chi connectivity index (χ1n) is 8.09. The number of ether oxygens (including phenoxy) is 1. The summed E-state index contributed by atoms with van der Waals surface area (Å²) in [5.41, 5.74) is 0. The average molecular weight is 345 g/mol. The van der Waals surface area contributed by atoms with E-state index in [1.54, 1.807) is 0 Å². The zero-order chi connectivity index (χ0) is 17.2. The van der Waals surface area contributed by atoms with Crippen LogP contribution in [-0.2, 0) is 19.3 Å². The van der Waals surface area contributed by atoms with Crippen molar-refractivity contribution in [2.75, 3.05) is 19.1 Å². The van der Waals surface area contributed by atoms with E-state index in [9.17, 15) is 13.8 Å². The highest BCUT2D eigenvalue weighted by Crippen LogP contribution is 2.22. The van der Waals surface area contributed by atoms with Crippen molar-refractivity contribution in [3.8, 4) is 0 Å². The van der Waals surface area contributed by atoms with Crippen LogP contribution >= 0.6 is 0 Å². The lowest BCUT2D eigenvalue weighted by Crippen LogP contribution is -2.51. The lowest BCUT2D eigenvalue weighted by Gasteiger charge is -2.34. The Bertz CT molecular complexity index is 567. The molecule has 2 heterocycles. The molecule has 0 aliphatic carbocycles. The fourth-order valence-corrected chi connectivity index (χ4v) is 3.88. The van der Waals surface area contributed by atoms with Crippen molar-refractivity contribution < 1.29 is 18.5 Å². The number of amides is 3. The first-order chi connectivity index (χ1) is 10.7. The van der Waals surface area contributed by atoms with Crippen LogP contribution in [0.4, 0.5) is 4.79 Å². The summed E-state index contributed by atoms with van der Waals surface area (Å²) >= 11 is 0. The van der Waals surface area contributed by atoms with Gasteiger partial charge in [-0.25, -0.2) is 9.00 Å². The molecule has 0 bridgehead atoms. The Kier molecular flexibility index (Phi) is 5.67.